The number of phosphoric acid groups is 1. The van der Waals surface area contributed by atoms with Crippen molar-refractivity contribution in [1.82, 2.24) is 0 Å². The van der Waals surface area contributed by atoms with Crippen molar-refractivity contribution in [2.45, 2.75) is 46.0 Å². The number of hydrogen-bond donors (Lipinski definition) is 2. The Morgan fingerprint density at radius 3 is 2.73 bits per heavy atom. The number of carbonyl (C=O) groups is 2. The minimum Gasteiger partial charge on any atom is -0.465 e. The highest BCUT2D eigenvalue weighted by Gasteiger charge is 2.42. The molecule has 0 aliphatic carbocycles. The second kappa shape index (κ2) is 8.77. The molecular weight excluding hydrogens is 311 g/mol. The Kier molecular flexibility index (Phi) is 7.69. The molecule has 0 radical (unpaired) electrons. The second-order valence-electron chi connectivity index (χ2n) is 5.88. The zero-order valence-corrected chi connectivity index (χ0v) is 14.0. The van der Waals surface area contributed by atoms with Crippen molar-refractivity contribution in [3.8, 4) is 0 Å². The fourth-order valence-corrected chi connectivity index (χ4v) is 2.84. The van der Waals surface area contributed by atoms with E-state index in [1.807, 2.05) is 0 Å². The largest absolute Gasteiger partial charge is 0.469 e. The lowest BCUT2D eigenvalue weighted by Crippen LogP contribution is -2.28. The van der Waals surface area contributed by atoms with Crippen LogP contribution in [0.1, 0.15) is 46.0 Å². The normalized spacial score (nSPS) is 23.4. The number of unbranched alkanes of at least 4 members (excludes halogenated alkanes) is 1. The van der Waals surface area contributed by atoms with E-state index in [1.54, 1.807) is 0 Å². The summed E-state index contributed by atoms with van der Waals surface area (Å²) in [6, 6.07) is 0. The van der Waals surface area contributed by atoms with Gasteiger partial charge in [0.05, 0.1) is 13.2 Å². The lowest BCUT2D eigenvalue weighted by atomic mass is 9.89. The Morgan fingerprint density at radius 1 is 1.45 bits per heavy atom. The molecule has 0 bridgehead atoms. The molecule has 1 fully saturated rings. The third kappa shape index (κ3) is 6.57. The SMILES string of the molecule is CCC(C)CCCCC(=O)[C@@H]1C(=O)OC[C@H]1COP(=O)(O)O. The first-order chi connectivity index (χ1) is 10.2. The fraction of sp³-hybridized carbons (Fsp3) is 0.857. The molecule has 1 rings (SSSR count). The van der Waals surface area contributed by atoms with E-state index in [4.69, 9.17) is 14.5 Å². The van der Waals surface area contributed by atoms with E-state index in [9.17, 15) is 14.2 Å². The summed E-state index contributed by atoms with van der Waals surface area (Å²) in [7, 11) is -4.61. The van der Waals surface area contributed by atoms with Gasteiger partial charge in [-0.2, -0.15) is 0 Å². The van der Waals surface area contributed by atoms with Crippen LogP contribution >= 0.6 is 7.82 Å². The summed E-state index contributed by atoms with van der Waals surface area (Å²) in [6.07, 6.45) is 4.06. The molecule has 1 saturated heterocycles. The summed E-state index contributed by atoms with van der Waals surface area (Å²) in [5, 5.41) is 0. The molecule has 0 saturated carbocycles. The van der Waals surface area contributed by atoms with Gasteiger partial charge in [-0.25, -0.2) is 4.57 Å². The summed E-state index contributed by atoms with van der Waals surface area (Å²) in [4.78, 5) is 41.2. The fourth-order valence-electron chi connectivity index (χ4n) is 2.45. The molecule has 8 heteroatoms. The third-order valence-corrected chi connectivity index (χ3v) is 4.52. The zero-order valence-electron chi connectivity index (χ0n) is 13.1. The van der Waals surface area contributed by atoms with Gasteiger partial charge in [-0.15, -0.1) is 0 Å². The van der Waals surface area contributed by atoms with Gasteiger partial charge in [0, 0.05) is 12.3 Å². The Labute approximate surface area is 130 Å². The Hall–Kier alpha value is -0.750. The molecule has 0 aromatic rings. The summed E-state index contributed by atoms with van der Waals surface area (Å²) < 4.78 is 19.9. The molecule has 1 unspecified atom stereocenters. The van der Waals surface area contributed by atoms with Crippen molar-refractivity contribution in [3.63, 3.8) is 0 Å². The molecule has 1 aliphatic rings. The number of esters is 1. The van der Waals surface area contributed by atoms with Crippen LogP contribution in [0, 0.1) is 17.8 Å². The van der Waals surface area contributed by atoms with Crippen molar-refractivity contribution in [1.29, 1.82) is 0 Å². The van der Waals surface area contributed by atoms with E-state index in [-0.39, 0.29) is 25.4 Å². The van der Waals surface area contributed by atoms with Crippen LogP contribution < -0.4 is 0 Å². The first kappa shape index (κ1) is 19.3. The van der Waals surface area contributed by atoms with Gasteiger partial charge in [0.2, 0.25) is 0 Å². The number of phosphoric ester groups is 1. The van der Waals surface area contributed by atoms with E-state index in [2.05, 4.69) is 18.4 Å². The van der Waals surface area contributed by atoms with Crippen molar-refractivity contribution in [3.05, 3.63) is 0 Å². The highest BCUT2D eigenvalue weighted by Crippen LogP contribution is 2.38. The maximum atomic E-state index is 12.2. The highest BCUT2D eigenvalue weighted by molar-refractivity contribution is 7.46. The van der Waals surface area contributed by atoms with Crippen molar-refractivity contribution < 1.29 is 33.2 Å². The molecule has 7 nitrogen and oxygen atoms in total. The van der Waals surface area contributed by atoms with Gasteiger partial charge in [0.25, 0.3) is 0 Å². The van der Waals surface area contributed by atoms with Crippen LogP contribution in [0.15, 0.2) is 0 Å². The van der Waals surface area contributed by atoms with Crippen molar-refractivity contribution in [2.75, 3.05) is 13.2 Å². The number of ketones is 1. The summed E-state index contributed by atoms with van der Waals surface area (Å²) >= 11 is 0. The topological polar surface area (TPSA) is 110 Å². The van der Waals surface area contributed by atoms with Gasteiger partial charge in [0.15, 0.2) is 0 Å². The average Bonchev–Trinajstić information content (AvgIpc) is 2.81. The summed E-state index contributed by atoms with van der Waals surface area (Å²) in [5.41, 5.74) is 0. The Balaban J connectivity index is 2.43. The Morgan fingerprint density at radius 2 is 2.14 bits per heavy atom. The lowest BCUT2D eigenvalue weighted by Gasteiger charge is -2.15. The minimum atomic E-state index is -4.61. The van der Waals surface area contributed by atoms with Crippen LogP contribution in [0.5, 0.6) is 0 Å². The number of Topliss-reactive ketones (excluding diaryl/α,β-unsaturated/α-hetero) is 1. The van der Waals surface area contributed by atoms with Gasteiger partial charge < -0.3 is 14.5 Å². The summed E-state index contributed by atoms with van der Waals surface area (Å²) in [6.45, 7) is 3.88. The first-order valence-electron chi connectivity index (χ1n) is 7.64. The zero-order chi connectivity index (χ0) is 16.8. The van der Waals surface area contributed by atoms with Crippen LogP contribution in [-0.4, -0.2) is 34.8 Å². The van der Waals surface area contributed by atoms with E-state index >= 15 is 0 Å². The number of carbonyl (C=O) groups excluding carboxylic acids is 2. The van der Waals surface area contributed by atoms with E-state index in [0.29, 0.717) is 12.3 Å². The van der Waals surface area contributed by atoms with Gasteiger partial charge in [0.1, 0.15) is 11.7 Å². The van der Waals surface area contributed by atoms with Gasteiger partial charge in [-0.05, 0) is 12.3 Å². The molecule has 0 aromatic carbocycles. The quantitative estimate of drug-likeness (QED) is 0.272. The van der Waals surface area contributed by atoms with Crippen LogP contribution in [0.25, 0.3) is 0 Å². The maximum absolute atomic E-state index is 12.2. The van der Waals surface area contributed by atoms with Gasteiger partial charge in [-0.1, -0.05) is 33.1 Å². The highest BCUT2D eigenvalue weighted by atomic mass is 31.2. The molecule has 1 heterocycles. The molecule has 2 N–H and O–H groups in total. The predicted molar refractivity (Wildman–Crippen MR) is 78.9 cm³/mol. The predicted octanol–water partition coefficient (Wildman–Crippen LogP) is 2.06. The average molecular weight is 336 g/mol. The van der Waals surface area contributed by atoms with Gasteiger partial charge in [-0.3, -0.25) is 14.1 Å². The van der Waals surface area contributed by atoms with Crippen LogP contribution in [0.3, 0.4) is 0 Å². The molecule has 0 aromatic heterocycles. The standard InChI is InChI=1S/C14H25O7P/c1-3-10(2)6-4-5-7-12(15)13-11(8-20-14(13)16)9-21-22(17,18)19/h10-11,13H,3-9H2,1-2H3,(H2,17,18,19)/t10?,11-,13+/m0/s1. The molecule has 0 amide bonds. The van der Waals surface area contributed by atoms with E-state index in [0.717, 1.165) is 19.3 Å². The minimum absolute atomic E-state index is 0.0396. The number of rotatable bonds is 10. The number of ether oxygens (including phenoxy) is 1. The van der Waals surface area contributed by atoms with Gasteiger partial charge >= 0.3 is 13.8 Å². The number of cyclic esters (lactones) is 1. The molecule has 128 valence electrons. The monoisotopic (exact) mass is 336 g/mol. The second-order valence-corrected chi connectivity index (χ2v) is 7.12. The summed E-state index contributed by atoms with van der Waals surface area (Å²) in [5.74, 6) is -1.81. The Bertz CT molecular complexity index is 431. The number of hydrogen-bond acceptors (Lipinski definition) is 5. The van der Waals surface area contributed by atoms with E-state index in [1.165, 1.54) is 0 Å². The first-order valence-corrected chi connectivity index (χ1v) is 9.17. The smallest absolute Gasteiger partial charge is 0.465 e. The lowest BCUT2D eigenvalue weighted by molar-refractivity contribution is -0.144. The molecular formula is C14H25O7P. The van der Waals surface area contributed by atoms with Crippen LogP contribution in [0.2, 0.25) is 0 Å². The van der Waals surface area contributed by atoms with Crippen LogP contribution in [0.4, 0.5) is 0 Å². The van der Waals surface area contributed by atoms with Crippen molar-refractivity contribution >= 4 is 19.6 Å². The molecule has 22 heavy (non-hydrogen) atoms. The maximum Gasteiger partial charge on any atom is 0.469 e. The van der Waals surface area contributed by atoms with E-state index < -0.39 is 25.6 Å². The third-order valence-electron chi connectivity index (χ3n) is 4.04. The molecule has 1 aliphatic heterocycles. The molecule has 0 spiro atoms. The van der Waals surface area contributed by atoms with Crippen molar-refractivity contribution in [2.24, 2.45) is 17.8 Å². The molecule has 3 atom stereocenters. The van der Waals surface area contributed by atoms with Crippen LogP contribution in [-0.2, 0) is 23.4 Å².